The molecule has 4 nitrogen and oxygen atoms in total. The SMILES string of the molecule is NC(=O)c1cc2cnc(-c3ccccc3)nc2s1. The van der Waals surface area contributed by atoms with Crippen molar-refractivity contribution in [1.82, 2.24) is 9.97 Å². The van der Waals surface area contributed by atoms with Gasteiger partial charge in [0.2, 0.25) is 0 Å². The maximum absolute atomic E-state index is 11.1. The zero-order valence-electron chi connectivity index (χ0n) is 9.33. The molecule has 0 saturated carbocycles. The largest absolute Gasteiger partial charge is 0.365 e. The first-order valence-electron chi connectivity index (χ1n) is 5.36. The lowest BCUT2D eigenvalue weighted by atomic mass is 10.2. The molecule has 2 heterocycles. The van der Waals surface area contributed by atoms with Crippen molar-refractivity contribution < 1.29 is 4.79 Å². The quantitative estimate of drug-likeness (QED) is 0.764. The molecule has 88 valence electrons. The summed E-state index contributed by atoms with van der Waals surface area (Å²) in [4.78, 5) is 21.1. The lowest BCUT2D eigenvalue weighted by Crippen LogP contribution is -2.07. The second kappa shape index (κ2) is 4.19. The van der Waals surface area contributed by atoms with Crippen LogP contribution in [0.5, 0.6) is 0 Å². The number of rotatable bonds is 2. The summed E-state index contributed by atoms with van der Waals surface area (Å²) in [6, 6.07) is 11.4. The van der Waals surface area contributed by atoms with E-state index in [1.165, 1.54) is 11.3 Å². The number of carbonyl (C=O) groups excluding carboxylic acids is 1. The first-order chi connectivity index (χ1) is 8.74. The van der Waals surface area contributed by atoms with Crippen LogP contribution in [-0.2, 0) is 0 Å². The van der Waals surface area contributed by atoms with E-state index in [0.29, 0.717) is 10.7 Å². The molecule has 0 atom stereocenters. The van der Waals surface area contributed by atoms with Gasteiger partial charge in [0.25, 0.3) is 5.91 Å². The van der Waals surface area contributed by atoms with Gasteiger partial charge in [-0.3, -0.25) is 4.79 Å². The van der Waals surface area contributed by atoms with Crippen LogP contribution < -0.4 is 5.73 Å². The van der Waals surface area contributed by atoms with Crippen molar-refractivity contribution in [2.75, 3.05) is 0 Å². The summed E-state index contributed by atoms with van der Waals surface area (Å²) in [7, 11) is 0. The van der Waals surface area contributed by atoms with Crippen molar-refractivity contribution in [2.45, 2.75) is 0 Å². The predicted molar refractivity (Wildman–Crippen MR) is 71.4 cm³/mol. The fourth-order valence-electron chi connectivity index (χ4n) is 1.68. The van der Waals surface area contributed by atoms with E-state index in [2.05, 4.69) is 9.97 Å². The molecule has 0 aliphatic carbocycles. The Morgan fingerprint density at radius 2 is 2.00 bits per heavy atom. The lowest BCUT2D eigenvalue weighted by molar-refractivity contribution is 0.100. The standard InChI is InChI=1S/C13H9N3OS/c14-11(17)10-6-9-7-15-12(16-13(9)18-10)8-4-2-1-3-5-8/h1-7H,(H2,14,17). The highest BCUT2D eigenvalue weighted by molar-refractivity contribution is 7.20. The molecule has 2 aromatic heterocycles. The van der Waals surface area contributed by atoms with Crippen molar-refractivity contribution in [2.24, 2.45) is 5.73 Å². The summed E-state index contributed by atoms with van der Waals surface area (Å²) in [5.74, 6) is 0.222. The average molecular weight is 255 g/mol. The fraction of sp³-hybridized carbons (Fsp3) is 0. The van der Waals surface area contributed by atoms with Crippen molar-refractivity contribution >= 4 is 27.5 Å². The van der Waals surface area contributed by atoms with Gasteiger partial charge in [-0.15, -0.1) is 11.3 Å². The molecule has 1 aromatic carbocycles. The van der Waals surface area contributed by atoms with Crippen LogP contribution in [0.15, 0.2) is 42.6 Å². The molecule has 0 fully saturated rings. The minimum absolute atomic E-state index is 0.431. The van der Waals surface area contributed by atoms with E-state index in [-0.39, 0.29) is 0 Å². The van der Waals surface area contributed by atoms with Gasteiger partial charge in [-0.2, -0.15) is 0 Å². The Morgan fingerprint density at radius 1 is 1.22 bits per heavy atom. The van der Waals surface area contributed by atoms with Gasteiger partial charge in [-0.05, 0) is 6.07 Å². The van der Waals surface area contributed by atoms with Crippen LogP contribution in [0.25, 0.3) is 21.6 Å². The lowest BCUT2D eigenvalue weighted by Gasteiger charge is -1.98. The van der Waals surface area contributed by atoms with Crippen molar-refractivity contribution in [3.8, 4) is 11.4 Å². The van der Waals surface area contributed by atoms with E-state index in [1.54, 1.807) is 12.3 Å². The van der Waals surface area contributed by atoms with E-state index in [0.717, 1.165) is 15.8 Å². The number of nitrogens with zero attached hydrogens (tertiary/aromatic N) is 2. The van der Waals surface area contributed by atoms with Crippen molar-refractivity contribution in [3.05, 3.63) is 47.5 Å². The topological polar surface area (TPSA) is 68.9 Å². The number of thiophene rings is 1. The molecular formula is C13H9N3OS. The van der Waals surface area contributed by atoms with Gasteiger partial charge in [0.05, 0.1) is 4.88 Å². The third kappa shape index (κ3) is 1.84. The second-order valence-corrected chi connectivity index (χ2v) is 4.83. The van der Waals surface area contributed by atoms with Gasteiger partial charge in [0.15, 0.2) is 5.82 Å². The molecule has 0 unspecified atom stereocenters. The zero-order valence-corrected chi connectivity index (χ0v) is 10.1. The molecule has 2 N–H and O–H groups in total. The molecular weight excluding hydrogens is 246 g/mol. The van der Waals surface area contributed by atoms with E-state index >= 15 is 0 Å². The van der Waals surface area contributed by atoms with Gasteiger partial charge in [-0.1, -0.05) is 30.3 Å². The van der Waals surface area contributed by atoms with Gasteiger partial charge < -0.3 is 5.73 Å². The Balaban J connectivity index is 2.14. The summed E-state index contributed by atoms with van der Waals surface area (Å²) in [6.07, 6.45) is 1.72. The first-order valence-corrected chi connectivity index (χ1v) is 6.17. The Morgan fingerprint density at radius 3 is 2.72 bits per heavy atom. The predicted octanol–water partition coefficient (Wildman–Crippen LogP) is 2.46. The van der Waals surface area contributed by atoms with E-state index in [1.807, 2.05) is 30.3 Å². The number of hydrogen-bond acceptors (Lipinski definition) is 4. The monoisotopic (exact) mass is 255 g/mol. The average Bonchev–Trinajstić information content (AvgIpc) is 2.82. The summed E-state index contributed by atoms with van der Waals surface area (Å²) in [5.41, 5.74) is 6.20. The van der Waals surface area contributed by atoms with Crippen LogP contribution in [-0.4, -0.2) is 15.9 Å². The molecule has 0 spiro atoms. The van der Waals surface area contributed by atoms with Gasteiger partial charge in [-0.25, -0.2) is 9.97 Å². The van der Waals surface area contributed by atoms with Crippen LogP contribution >= 0.6 is 11.3 Å². The molecule has 5 heteroatoms. The van der Waals surface area contributed by atoms with Crippen LogP contribution in [0, 0.1) is 0 Å². The fourth-order valence-corrected chi connectivity index (χ4v) is 2.54. The maximum atomic E-state index is 11.1. The highest BCUT2D eigenvalue weighted by Gasteiger charge is 2.09. The Labute approximate surface area is 107 Å². The Bertz CT molecular complexity index is 721. The van der Waals surface area contributed by atoms with Crippen LogP contribution in [0.1, 0.15) is 9.67 Å². The Kier molecular flexibility index (Phi) is 2.53. The molecule has 0 saturated heterocycles. The maximum Gasteiger partial charge on any atom is 0.258 e. The van der Waals surface area contributed by atoms with Crippen LogP contribution in [0.3, 0.4) is 0 Å². The number of aromatic nitrogens is 2. The van der Waals surface area contributed by atoms with Crippen molar-refractivity contribution in [1.29, 1.82) is 0 Å². The molecule has 0 aliphatic heterocycles. The highest BCUT2D eigenvalue weighted by Crippen LogP contribution is 2.25. The highest BCUT2D eigenvalue weighted by atomic mass is 32.1. The molecule has 3 rings (SSSR count). The summed E-state index contributed by atoms with van der Waals surface area (Å²) >= 11 is 1.29. The molecule has 0 aliphatic rings. The molecule has 0 radical (unpaired) electrons. The summed E-state index contributed by atoms with van der Waals surface area (Å²) < 4.78 is 0. The number of nitrogens with two attached hydrogens (primary N) is 1. The Hall–Kier alpha value is -2.27. The third-order valence-electron chi connectivity index (χ3n) is 2.55. The minimum atomic E-state index is -0.431. The third-order valence-corrected chi connectivity index (χ3v) is 3.61. The number of hydrogen-bond donors (Lipinski definition) is 1. The van der Waals surface area contributed by atoms with Crippen LogP contribution in [0.2, 0.25) is 0 Å². The number of amides is 1. The normalized spacial score (nSPS) is 10.7. The molecule has 3 aromatic rings. The van der Waals surface area contributed by atoms with E-state index < -0.39 is 5.91 Å². The van der Waals surface area contributed by atoms with Gasteiger partial charge in [0, 0.05) is 17.1 Å². The van der Waals surface area contributed by atoms with Crippen molar-refractivity contribution in [3.63, 3.8) is 0 Å². The van der Waals surface area contributed by atoms with E-state index in [4.69, 9.17) is 5.73 Å². The smallest absolute Gasteiger partial charge is 0.258 e. The molecule has 18 heavy (non-hydrogen) atoms. The summed E-state index contributed by atoms with van der Waals surface area (Å²) in [6.45, 7) is 0. The van der Waals surface area contributed by atoms with Gasteiger partial charge >= 0.3 is 0 Å². The van der Waals surface area contributed by atoms with E-state index in [9.17, 15) is 4.79 Å². The first kappa shape index (κ1) is 10.9. The zero-order chi connectivity index (χ0) is 12.5. The second-order valence-electron chi connectivity index (χ2n) is 3.80. The van der Waals surface area contributed by atoms with Crippen LogP contribution in [0.4, 0.5) is 0 Å². The molecule has 1 amide bonds. The number of carbonyl (C=O) groups is 1. The number of primary amides is 1. The van der Waals surface area contributed by atoms with Gasteiger partial charge in [0.1, 0.15) is 4.83 Å². The number of benzene rings is 1. The molecule has 0 bridgehead atoms. The minimum Gasteiger partial charge on any atom is -0.365 e. The summed E-state index contributed by atoms with van der Waals surface area (Å²) in [5, 5.41) is 0.841. The number of fused-ring (bicyclic) bond motifs is 1.